The van der Waals surface area contributed by atoms with Gasteiger partial charge in [-0.05, 0) is 12.8 Å². The van der Waals surface area contributed by atoms with Crippen LogP contribution in [0.4, 0.5) is 0 Å². The average molecular weight is 311 g/mol. The van der Waals surface area contributed by atoms with E-state index in [9.17, 15) is 14.2 Å². The molecular weight excluding hydrogens is 291 g/mol. The van der Waals surface area contributed by atoms with Crippen molar-refractivity contribution in [3.63, 3.8) is 0 Å². The fourth-order valence-corrected chi connectivity index (χ4v) is 1.69. The van der Waals surface area contributed by atoms with Crippen molar-refractivity contribution in [1.82, 2.24) is 10.1 Å². The van der Waals surface area contributed by atoms with Crippen LogP contribution in [0, 0.1) is 0 Å². The van der Waals surface area contributed by atoms with Gasteiger partial charge in [-0.25, -0.2) is 10.1 Å². The van der Waals surface area contributed by atoms with Gasteiger partial charge in [0.1, 0.15) is 13.2 Å². The number of nitrogens with zero attached hydrogens (tertiary/aromatic N) is 2. The maximum Gasteiger partial charge on any atom is 0.697 e. The first-order valence-corrected chi connectivity index (χ1v) is 7.11. The van der Waals surface area contributed by atoms with Gasteiger partial charge in [0.25, 0.3) is 0 Å². The van der Waals surface area contributed by atoms with Crippen LogP contribution < -0.4 is 0 Å². The van der Waals surface area contributed by atoms with Crippen molar-refractivity contribution in [2.45, 2.75) is 26.7 Å². The third kappa shape index (κ3) is 9.76. The Morgan fingerprint density at radius 1 is 0.950 bits per heavy atom. The van der Waals surface area contributed by atoms with Crippen molar-refractivity contribution in [3.8, 4) is 0 Å². The molecule has 0 heterocycles. The molecule has 0 radical (unpaired) electrons. The zero-order chi connectivity index (χ0) is 15.5. The Kier molecular flexibility index (Phi) is 10.0. The highest BCUT2D eigenvalue weighted by Crippen LogP contribution is 2.23. The minimum atomic E-state index is -2.29. The molecule has 20 heavy (non-hydrogen) atoms. The van der Waals surface area contributed by atoms with E-state index in [0.29, 0.717) is 23.0 Å². The molecular formula is C10H20N2O7P+. The van der Waals surface area contributed by atoms with E-state index >= 15 is 0 Å². The summed E-state index contributed by atoms with van der Waals surface area (Å²) in [6.45, 7) is 2.73. The zero-order valence-electron chi connectivity index (χ0n) is 11.5. The zero-order valence-corrected chi connectivity index (χ0v) is 12.4. The maximum absolute atomic E-state index is 11.2. The first kappa shape index (κ1) is 18.9. The van der Waals surface area contributed by atoms with Crippen LogP contribution in [0.25, 0.3) is 0 Å². The lowest BCUT2D eigenvalue weighted by Gasteiger charge is -2.10. The minimum absolute atomic E-state index is 0.0686. The van der Waals surface area contributed by atoms with Gasteiger partial charge in [0.15, 0.2) is 0 Å². The summed E-state index contributed by atoms with van der Waals surface area (Å²) in [5.41, 5.74) is 0. The van der Waals surface area contributed by atoms with E-state index in [0.717, 1.165) is 0 Å². The summed E-state index contributed by atoms with van der Waals surface area (Å²) in [7, 11) is -2.29. The van der Waals surface area contributed by atoms with Gasteiger partial charge in [0, 0.05) is 18.4 Å². The van der Waals surface area contributed by atoms with E-state index < -0.39 is 20.1 Å². The second-order valence-electron chi connectivity index (χ2n) is 3.88. The molecule has 0 spiro atoms. The molecule has 0 aliphatic carbocycles. The highest BCUT2D eigenvalue weighted by Gasteiger charge is 2.20. The number of carbonyl (C=O) groups is 2. The Bertz CT molecular complexity index is 310. The Morgan fingerprint density at radius 3 is 1.60 bits per heavy atom. The highest BCUT2D eigenvalue weighted by molar-refractivity contribution is 7.33. The molecule has 0 fully saturated rings. The van der Waals surface area contributed by atoms with Gasteiger partial charge in [-0.15, -0.1) is 9.05 Å². The molecule has 0 atom stereocenters. The largest absolute Gasteiger partial charge is 0.697 e. The summed E-state index contributed by atoms with van der Waals surface area (Å²) in [5.74, 6) is -0.964. The van der Waals surface area contributed by atoms with Crippen LogP contribution in [0.2, 0.25) is 0 Å². The van der Waals surface area contributed by atoms with Crippen LogP contribution in [-0.2, 0) is 23.2 Å². The fourth-order valence-electron chi connectivity index (χ4n) is 1.06. The summed E-state index contributed by atoms with van der Waals surface area (Å²) in [4.78, 5) is 21.3. The number of rotatable bonds is 10. The molecule has 116 valence electrons. The van der Waals surface area contributed by atoms with Crippen molar-refractivity contribution in [2.75, 3.05) is 26.3 Å². The Morgan fingerprint density at radius 2 is 1.30 bits per heavy atom. The Labute approximate surface area is 117 Å². The van der Waals surface area contributed by atoms with Crippen molar-refractivity contribution in [3.05, 3.63) is 0 Å². The van der Waals surface area contributed by atoms with E-state index in [1.165, 1.54) is 13.8 Å². The topological polar surface area (TPSA) is 117 Å². The summed E-state index contributed by atoms with van der Waals surface area (Å²) >= 11 is 0. The van der Waals surface area contributed by atoms with E-state index in [1.807, 2.05) is 0 Å². The standard InChI is InChI=1S/C10H20N2O7P/c1-9(13)11(15)5-3-7-18-20(17)19-8-4-6-12(16)10(2)14/h15-16H,3-8H2,1-2H3/q+1. The second kappa shape index (κ2) is 10.6. The van der Waals surface area contributed by atoms with Crippen LogP contribution in [-0.4, -0.2) is 58.7 Å². The molecule has 0 bridgehead atoms. The van der Waals surface area contributed by atoms with Crippen LogP contribution in [0.1, 0.15) is 26.7 Å². The average Bonchev–Trinajstić information content (AvgIpc) is 2.38. The fraction of sp³-hybridized carbons (Fsp3) is 0.800. The van der Waals surface area contributed by atoms with Crippen molar-refractivity contribution in [2.24, 2.45) is 0 Å². The summed E-state index contributed by atoms with van der Waals surface area (Å²) in [5, 5.41) is 19.1. The molecule has 0 aromatic rings. The van der Waals surface area contributed by atoms with E-state index in [1.54, 1.807) is 0 Å². The lowest BCUT2D eigenvalue weighted by molar-refractivity contribution is -0.163. The van der Waals surface area contributed by atoms with Gasteiger partial charge in [-0.1, -0.05) is 0 Å². The van der Waals surface area contributed by atoms with Gasteiger partial charge >= 0.3 is 8.25 Å². The summed E-state index contributed by atoms with van der Waals surface area (Å²) < 4.78 is 20.9. The highest BCUT2D eigenvalue weighted by atomic mass is 31.1. The van der Waals surface area contributed by atoms with Gasteiger partial charge < -0.3 is 0 Å². The second-order valence-corrected chi connectivity index (χ2v) is 4.85. The molecule has 2 N–H and O–H groups in total. The molecule has 0 aliphatic heterocycles. The van der Waals surface area contributed by atoms with E-state index in [-0.39, 0.29) is 26.3 Å². The van der Waals surface area contributed by atoms with Gasteiger partial charge in [-0.3, -0.25) is 20.0 Å². The predicted octanol–water partition coefficient (Wildman–Crippen LogP) is 0.933. The molecule has 0 aromatic carbocycles. The maximum atomic E-state index is 11.2. The molecule has 0 rings (SSSR count). The number of hydrogen-bond donors (Lipinski definition) is 2. The molecule has 0 saturated carbocycles. The number of carbonyl (C=O) groups excluding carboxylic acids is 2. The first-order chi connectivity index (χ1) is 9.34. The SMILES string of the molecule is CC(=O)N(O)CCCO[P+](=O)OCCCN(O)C(C)=O. The normalized spacial score (nSPS) is 10.2. The number of amides is 2. The van der Waals surface area contributed by atoms with E-state index in [2.05, 4.69) is 0 Å². The summed E-state index contributed by atoms with van der Waals surface area (Å²) in [6, 6.07) is 0. The Hall–Kier alpha value is -1.12. The summed E-state index contributed by atoms with van der Waals surface area (Å²) in [6.07, 6.45) is 0.629. The van der Waals surface area contributed by atoms with Crippen LogP contribution in [0.15, 0.2) is 0 Å². The minimum Gasteiger partial charge on any atom is -0.286 e. The van der Waals surface area contributed by atoms with Gasteiger partial charge in [-0.2, -0.15) is 0 Å². The van der Waals surface area contributed by atoms with Crippen LogP contribution >= 0.6 is 8.25 Å². The molecule has 0 saturated heterocycles. The van der Waals surface area contributed by atoms with E-state index in [4.69, 9.17) is 19.5 Å². The van der Waals surface area contributed by atoms with Gasteiger partial charge in [0.2, 0.25) is 11.8 Å². The van der Waals surface area contributed by atoms with Crippen LogP contribution in [0.3, 0.4) is 0 Å². The monoisotopic (exact) mass is 311 g/mol. The quantitative estimate of drug-likeness (QED) is 0.267. The first-order valence-electron chi connectivity index (χ1n) is 6.01. The third-order valence-corrected chi connectivity index (χ3v) is 2.94. The van der Waals surface area contributed by atoms with Gasteiger partial charge in [0.05, 0.1) is 13.1 Å². The van der Waals surface area contributed by atoms with Crippen LogP contribution in [0.5, 0.6) is 0 Å². The lowest BCUT2D eigenvalue weighted by Crippen LogP contribution is -2.26. The molecule has 0 aromatic heterocycles. The van der Waals surface area contributed by atoms with Crippen molar-refractivity contribution >= 4 is 20.1 Å². The smallest absolute Gasteiger partial charge is 0.286 e. The van der Waals surface area contributed by atoms with Crippen molar-refractivity contribution < 1.29 is 33.6 Å². The number of hydroxylamine groups is 4. The third-order valence-electron chi connectivity index (χ3n) is 2.15. The Balaban J connectivity index is 3.51. The lowest BCUT2D eigenvalue weighted by atomic mass is 10.4. The van der Waals surface area contributed by atoms with Crippen molar-refractivity contribution in [1.29, 1.82) is 0 Å². The molecule has 10 heteroatoms. The molecule has 2 amide bonds. The molecule has 0 aliphatic rings. The number of hydrogen-bond acceptors (Lipinski definition) is 7. The molecule has 0 unspecified atom stereocenters. The molecule has 9 nitrogen and oxygen atoms in total. The predicted molar refractivity (Wildman–Crippen MR) is 67.1 cm³/mol.